The average molecular weight is 779 g/mol. The van der Waals surface area contributed by atoms with Gasteiger partial charge in [-0.15, -0.1) is 5.10 Å². The van der Waals surface area contributed by atoms with Crippen molar-refractivity contribution in [2.45, 2.75) is 50.9 Å². The number of benzene rings is 2. The Bertz CT molecular complexity index is 2270. The number of halogens is 2. The number of piperazine rings is 1. The van der Waals surface area contributed by atoms with E-state index in [1.54, 1.807) is 17.0 Å². The van der Waals surface area contributed by atoms with Gasteiger partial charge in [-0.2, -0.15) is 0 Å². The summed E-state index contributed by atoms with van der Waals surface area (Å²) in [7, 11) is 0. The zero-order chi connectivity index (χ0) is 36.2. The van der Waals surface area contributed by atoms with Gasteiger partial charge in [0.1, 0.15) is 29.2 Å². The number of hydrogen-bond donors (Lipinski definition) is 1. The lowest BCUT2D eigenvalue weighted by Gasteiger charge is -2.35. The Morgan fingerprint density at radius 1 is 0.868 bits per heavy atom. The van der Waals surface area contributed by atoms with E-state index in [1.807, 2.05) is 59.2 Å². The number of imide groups is 1. The Labute approximate surface area is 313 Å². The molecule has 2 aromatic carbocycles. The molecule has 4 aliphatic heterocycles. The number of rotatable bonds is 7. The van der Waals surface area contributed by atoms with E-state index in [4.69, 9.17) is 10.1 Å². The number of nitrogens with one attached hydrogen (secondary N) is 1. The van der Waals surface area contributed by atoms with Crippen LogP contribution in [-0.2, 0) is 22.7 Å². The fourth-order valence-corrected chi connectivity index (χ4v) is 8.78. The first kappa shape index (κ1) is 33.6. The van der Waals surface area contributed by atoms with Crippen LogP contribution >= 0.6 is 15.9 Å². The second-order valence-electron chi connectivity index (χ2n) is 14.1. The number of aromatic nitrogens is 4. The van der Waals surface area contributed by atoms with Crippen LogP contribution in [0.4, 0.5) is 16.0 Å². The molecule has 3 amide bonds. The van der Waals surface area contributed by atoms with Crippen molar-refractivity contribution in [3.63, 3.8) is 0 Å². The van der Waals surface area contributed by atoms with Crippen LogP contribution < -0.4 is 15.1 Å². The molecule has 3 aromatic heterocycles. The third-order valence-corrected chi connectivity index (χ3v) is 11.9. The first-order valence-corrected chi connectivity index (χ1v) is 18.9. The summed E-state index contributed by atoms with van der Waals surface area (Å²) in [6.45, 7) is 5.16. The third kappa shape index (κ3) is 6.23. The van der Waals surface area contributed by atoms with Gasteiger partial charge in [-0.25, -0.2) is 18.9 Å². The summed E-state index contributed by atoms with van der Waals surface area (Å²) in [5.41, 5.74) is 5.86. The van der Waals surface area contributed by atoms with Crippen molar-refractivity contribution in [3.8, 4) is 11.4 Å². The first-order valence-electron chi connectivity index (χ1n) is 18.1. The first-order chi connectivity index (χ1) is 25.8. The molecular weight excluding hydrogens is 741 g/mol. The van der Waals surface area contributed by atoms with E-state index >= 15 is 0 Å². The molecule has 2 atom stereocenters. The second-order valence-corrected chi connectivity index (χ2v) is 14.9. The van der Waals surface area contributed by atoms with Gasteiger partial charge in [0.25, 0.3) is 5.91 Å². The molecule has 5 aromatic rings. The van der Waals surface area contributed by atoms with Crippen molar-refractivity contribution >= 4 is 50.9 Å². The van der Waals surface area contributed by atoms with E-state index in [2.05, 4.69) is 40.9 Å². The van der Waals surface area contributed by atoms with Gasteiger partial charge in [-0.1, -0.05) is 40.2 Å². The molecule has 53 heavy (non-hydrogen) atoms. The van der Waals surface area contributed by atoms with E-state index in [0.717, 1.165) is 95.4 Å². The van der Waals surface area contributed by atoms with Gasteiger partial charge in [0.2, 0.25) is 11.8 Å². The topological polar surface area (TPSA) is 119 Å². The Morgan fingerprint density at radius 2 is 1.72 bits per heavy atom. The normalized spacial score (nSPS) is 20.8. The predicted molar refractivity (Wildman–Crippen MR) is 200 cm³/mol. The quantitative estimate of drug-likeness (QED) is 0.225. The molecule has 7 heterocycles. The lowest BCUT2D eigenvalue weighted by molar-refractivity contribution is -0.136. The summed E-state index contributed by atoms with van der Waals surface area (Å²) >= 11 is 3.79. The van der Waals surface area contributed by atoms with Crippen molar-refractivity contribution < 1.29 is 18.8 Å². The fraction of sp³-hybridized carbons (Fsp3) is 0.333. The minimum atomic E-state index is -0.639. The molecule has 9 rings (SSSR count). The van der Waals surface area contributed by atoms with Crippen LogP contribution in [0.3, 0.4) is 0 Å². The average Bonchev–Trinajstić information content (AvgIpc) is 3.91. The number of fused-ring (bicyclic) bond motifs is 2. The number of amides is 3. The zero-order valence-corrected chi connectivity index (χ0v) is 30.5. The Balaban J connectivity index is 0.875. The van der Waals surface area contributed by atoms with E-state index in [1.165, 1.54) is 6.07 Å². The molecule has 14 heteroatoms. The monoisotopic (exact) mass is 777 g/mol. The van der Waals surface area contributed by atoms with Gasteiger partial charge in [0.15, 0.2) is 5.65 Å². The molecule has 0 bridgehead atoms. The minimum Gasteiger partial charge on any atom is -0.354 e. The van der Waals surface area contributed by atoms with E-state index in [9.17, 15) is 18.8 Å². The van der Waals surface area contributed by atoms with Crippen molar-refractivity contribution in [2.24, 2.45) is 0 Å². The standard InChI is InChI=1S/C39H37BrFN9O3/c40-37-25(9-10-27-28(37)23-49(39(27)53)31-11-14-36(51)44-38(31)52)22-46-16-18-47(19-17-46)34-8-2-6-29(43-34)32-21-42-33-12-13-35(45-50(32)33)48-15-3-7-30(48)24-4-1-5-26(41)20-24/h1-2,4-6,8-10,12-13,20-21,30-31H,3,7,11,14-19,22-23H2,(H,44,51,52)/t30-,31?/m1/s1. The SMILES string of the molecule is O=C1CCC(N2Cc3c(ccc(CN4CCN(c5cccc(-c6cnc7ccc(N8CCC[C@@H]8c8cccc(F)c8)nn67)n5)CC4)c3Br)C2=O)C(=O)N1. The third-order valence-electron chi connectivity index (χ3n) is 10.9. The zero-order valence-electron chi connectivity index (χ0n) is 28.9. The summed E-state index contributed by atoms with van der Waals surface area (Å²) in [4.78, 5) is 55.6. The Morgan fingerprint density at radius 3 is 2.55 bits per heavy atom. The highest BCUT2D eigenvalue weighted by Gasteiger charge is 2.40. The van der Waals surface area contributed by atoms with Gasteiger partial charge in [0, 0.05) is 62.3 Å². The molecule has 12 nitrogen and oxygen atoms in total. The number of imidazole rings is 1. The maximum absolute atomic E-state index is 14.1. The number of carbonyl (C=O) groups excluding carboxylic acids is 3. The van der Waals surface area contributed by atoms with Crippen molar-refractivity contribution in [1.82, 2.24) is 34.7 Å². The number of pyridine rings is 1. The molecule has 0 spiro atoms. The molecule has 3 saturated heterocycles. The summed E-state index contributed by atoms with van der Waals surface area (Å²) in [5.74, 6) is 0.613. The van der Waals surface area contributed by atoms with Gasteiger partial charge < -0.3 is 14.7 Å². The fourth-order valence-electron chi connectivity index (χ4n) is 8.19. The lowest BCUT2D eigenvalue weighted by atomic mass is 10.0. The van der Waals surface area contributed by atoms with Crippen LogP contribution in [-0.4, -0.2) is 85.9 Å². The van der Waals surface area contributed by atoms with E-state index in [-0.39, 0.29) is 30.1 Å². The summed E-state index contributed by atoms with van der Waals surface area (Å²) in [5, 5.41) is 7.39. The molecular formula is C39H37BrFN9O3. The van der Waals surface area contributed by atoms with Crippen LogP contribution in [0.15, 0.2) is 77.4 Å². The highest BCUT2D eigenvalue weighted by molar-refractivity contribution is 9.10. The highest BCUT2D eigenvalue weighted by atomic mass is 79.9. The van der Waals surface area contributed by atoms with E-state index < -0.39 is 11.9 Å². The number of carbonyl (C=O) groups is 3. The number of hydrogen-bond acceptors (Lipinski definition) is 9. The van der Waals surface area contributed by atoms with Crippen molar-refractivity contribution in [1.29, 1.82) is 0 Å². The summed E-state index contributed by atoms with van der Waals surface area (Å²) < 4.78 is 16.8. The molecule has 3 fully saturated rings. The molecule has 0 radical (unpaired) electrons. The van der Waals surface area contributed by atoms with Gasteiger partial charge >= 0.3 is 0 Å². The molecule has 270 valence electrons. The maximum atomic E-state index is 14.1. The Kier molecular flexibility index (Phi) is 8.65. The predicted octanol–water partition coefficient (Wildman–Crippen LogP) is 5.12. The van der Waals surface area contributed by atoms with Crippen LogP contribution in [0.25, 0.3) is 17.0 Å². The minimum absolute atomic E-state index is 0.0612. The van der Waals surface area contributed by atoms with Crippen LogP contribution in [0.2, 0.25) is 0 Å². The van der Waals surface area contributed by atoms with Crippen LogP contribution in [0, 0.1) is 5.82 Å². The smallest absolute Gasteiger partial charge is 0.255 e. The van der Waals surface area contributed by atoms with Gasteiger partial charge in [0.05, 0.1) is 17.9 Å². The van der Waals surface area contributed by atoms with Crippen molar-refractivity contribution in [2.75, 3.05) is 42.5 Å². The van der Waals surface area contributed by atoms with Crippen LogP contribution in [0.5, 0.6) is 0 Å². The lowest BCUT2D eigenvalue weighted by Crippen LogP contribution is -2.52. The largest absolute Gasteiger partial charge is 0.354 e. The number of anilines is 2. The molecule has 1 N–H and O–H groups in total. The van der Waals surface area contributed by atoms with Gasteiger partial charge in [-0.3, -0.25) is 24.6 Å². The molecule has 0 saturated carbocycles. The van der Waals surface area contributed by atoms with Gasteiger partial charge in [-0.05, 0) is 78.4 Å². The number of piperidine rings is 1. The van der Waals surface area contributed by atoms with Crippen molar-refractivity contribution in [3.05, 3.63) is 105 Å². The second kappa shape index (κ2) is 13.6. The molecule has 4 aliphatic rings. The van der Waals surface area contributed by atoms with E-state index in [0.29, 0.717) is 25.1 Å². The van der Waals surface area contributed by atoms with Crippen LogP contribution in [0.1, 0.15) is 58.8 Å². The maximum Gasteiger partial charge on any atom is 0.255 e. The molecule has 0 aliphatic carbocycles. The Hall–Kier alpha value is -5.21. The summed E-state index contributed by atoms with van der Waals surface area (Å²) in [6, 6.07) is 20.1. The highest BCUT2D eigenvalue weighted by Crippen LogP contribution is 2.37. The molecule has 1 unspecified atom stereocenters. The summed E-state index contributed by atoms with van der Waals surface area (Å²) in [6.07, 6.45) is 4.33. The number of nitrogens with zero attached hydrogens (tertiary/aromatic N) is 8.